The van der Waals surface area contributed by atoms with Gasteiger partial charge in [0.1, 0.15) is 6.33 Å². The molecule has 1 atom stereocenters. The number of aryl methyl sites for hydroxylation is 1. The molecule has 1 saturated heterocycles. The summed E-state index contributed by atoms with van der Waals surface area (Å²) in [7, 11) is 0. The number of hydrogen-bond donors (Lipinski definition) is 1. The van der Waals surface area contributed by atoms with Crippen molar-refractivity contribution in [2.45, 2.75) is 19.3 Å². The molecule has 0 spiro atoms. The number of fused-ring (bicyclic) bond motifs is 1. The third kappa shape index (κ3) is 2.13. The van der Waals surface area contributed by atoms with Gasteiger partial charge in [-0.1, -0.05) is 24.3 Å². The van der Waals surface area contributed by atoms with Crippen molar-refractivity contribution in [3.8, 4) is 11.1 Å². The predicted molar refractivity (Wildman–Crippen MR) is 81.3 cm³/mol. The van der Waals surface area contributed by atoms with Crippen molar-refractivity contribution in [2.75, 3.05) is 6.54 Å². The highest BCUT2D eigenvalue weighted by Gasteiger charge is 2.22. The first-order chi connectivity index (χ1) is 10.7. The van der Waals surface area contributed by atoms with Gasteiger partial charge in [0, 0.05) is 24.4 Å². The Hall–Kier alpha value is -2.76. The summed E-state index contributed by atoms with van der Waals surface area (Å²) in [6, 6.07) is 10.3. The molecule has 0 saturated carbocycles. The highest BCUT2D eigenvalue weighted by molar-refractivity contribution is 5.80. The highest BCUT2D eigenvalue weighted by Crippen LogP contribution is 2.28. The average molecular weight is 293 g/mol. The van der Waals surface area contributed by atoms with Gasteiger partial charge in [-0.15, -0.1) is 10.2 Å². The number of nitrogens with zero attached hydrogens (tertiary/aromatic N) is 4. The molecule has 110 valence electrons. The SMILES string of the molecule is Cc1cc(-c2ccc(C3CNC(=O)C3)cc2)c2nncn2n1. The van der Waals surface area contributed by atoms with Gasteiger partial charge in [0.25, 0.3) is 0 Å². The van der Waals surface area contributed by atoms with Crippen molar-refractivity contribution in [2.24, 2.45) is 0 Å². The van der Waals surface area contributed by atoms with Gasteiger partial charge in [-0.2, -0.15) is 9.61 Å². The molecule has 0 bridgehead atoms. The number of benzene rings is 1. The van der Waals surface area contributed by atoms with Crippen LogP contribution in [0.15, 0.2) is 36.7 Å². The molecule has 2 aromatic heterocycles. The zero-order valence-corrected chi connectivity index (χ0v) is 12.2. The maximum absolute atomic E-state index is 11.3. The van der Waals surface area contributed by atoms with E-state index in [2.05, 4.69) is 44.9 Å². The first-order valence-electron chi connectivity index (χ1n) is 7.25. The topological polar surface area (TPSA) is 72.2 Å². The molecule has 1 N–H and O–H groups in total. The number of nitrogens with one attached hydrogen (secondary N) is 1. The molecule has 3 aromatic rings. The molecular formula is C16H15N5O. The van der Waals surface area contributed by atoms with Crippen molar-refractivity contribution in [3.63, 3.8) is 0 Å². The summed E-state index contributed by atoms with van der Waals surface area (Å²) in [5, 5.41) is 15.3. The monoisotopic (exact) mass is 293 g/mol. The number of aromatic nitrogens is 4. The molecule has 1 aliphatic heterocycles. The molecule has 4 rings (SSSR count). The summed E-state index contributed by atoms with van der Waals surface area (Å²) in [5.41, 5.74) is 4.93. The summed E-state index contributed by atoms with van der Waals surface area (Å²) in [6.45, 7) is 2.67. The zero-order valence-electron chi connectivity index (χ0n) is 12.2. The smallest absolute Gasteiger partial charge is 0.220 e. The van der Waals surface area contributed by atoms with Gasteiger partial charge in [-0.3, -0.25) is 4.79 Å². The summed E-state index contributed by atoms with van der Waals surface area (Å²) in [4.78, 5) is 11.3. The minimum atomic E-state index is 0.129. The highest BCUT2D eigenvalue weighted by atomic mass is 16.1. The normalized spacial score (nSPS) is 17.9. The van der Waals surface area contributed by atoms with Crippen molar-refractivity contribution < 1.29 is 4.79 Å². The predicted octanol–water partition coefficient (Wildman–Crippen LogP) is 1.70. The van der Waals surface area contributed by atoms with Gasteiger partial charge in [-0.25, -0.2) is 0 Å². The molecular weight excluding hydrogens is 278 g/mol. The van der Waals surface area contributed by atoms with Gasteiger partial charge < -0.3 is 5.32 Å². The summed E-state index contributed by atoms with van der Waals surface area (Å²) in [5.74, 6) is 0.401. The molecule has 0 aliphatic carbocycles. The lowest BCUT2D eigenvalue weighted by Gasteiger charge is -2.09. The van der Waals surface area contributed by atoms with Crippen LogP contribution < -0.4 is 5.32 Å². The standard InChI is InChI=1S/C16H15N5O/c1-10-6-14(16-19-18-9-21(16)20-10)12-4-2-11(3-5-12)13-7-15(22)17-8-13/h2-6,9,13H,7-8H2,1H3,(H,17,22). The second kappa shape index (κ2) is 4.91. The first-order valence-corrected chi connectivity index (χ1v) is 7.25. The fourth-order valence-corrected chi connectivity index (χ4v) is 2.94. The molecule has 6 nitrogen and oxygen atoms in total. The van der Waals surface area contributed by atoms with Crippen LogP contribution in [-0.2, 0) is 4.79 Å². The molecule has 1 unspecified atom stereocenters. The second-order valence-corrected chi connectivity index (χ2v) is 5.63. The van der Waals surface area contributed by atoms with Crippen LogP contribution in [0.2, 0.25) is 0 Å². The van der Waals surface area contributed by atoms with Crippen LogP contribution in [0, 0.1) is 6.92 Å². The van der Waals surface area contributed by atoms with E-state index < -0.39 is 0 Å². The lowest BCUT2D eigenvalue weighted by molar-refractivity contribution is -0.119. The Morgan fingerprint density at radius 2 is 2.09 bits per heavy atom. The number of hydrogen-bond acceptors (Lipinski definition) is 4. The summed E-state index contributed by atoms with van der Waals surface area (Å²) < 4.78 is 1.69. The molecule has 0 radical (unpaired) electrons. The van der Waals surface area contributed by atoms with E-state index in [9.17, 15) is 4.79 Å². The van der Waals surface area contributed by atoms with Crippen molar-refractivity contribution in [1.82, 2.24) is 25.1 Å². The summed E-state index contributed by atoms with van der Waals surface area (Å²) in [6.07, 6.45) is 2.18. The fourth-order valence-electron chi connectivity index (χ4n) is 2.94. The third-order valence-electron chi connectivity index (χ3n) is 4.06. The average Bonchev–Trinajstić information content (AvgIpc) is 3.15. The fraction of sp³-hybridized carbons (Fsp3) is 0.250. The molecule has 1 aliphatic rings. The zero-order chi connectivity index (χ0) is 15.1. The van der Waals surface area contributed by atoms with Crippen LogP contribution in [0.3, 0.4) is 0 Å². The minimum Gasteiger partial charge on any atom is -0.355 e. The first kappa shape index (κ1) is 12.9. The third-order valence-corrected chi connectivity index (χ3v) is 4.06. The quantitative estimate of drug-likeness (QED) is 0.780. The maximum atomic E-state index is 11.3. The Bertz CT molecular complexity index is 853. The van der Waals surface area contributed by atoms with E-state index in [1.807, 2.05) is 13.0 Å². The van der Waals surface area contributed by atoms with E-state index >= 15 is 0 Å². The van der Waals surface area contributed by atoms with Crippen LogP contribution in [0.25, 0.3) is 16.8 Å². The van der Waals surface area contributed by atoms with E-state index in [1.54, 1.807) is 10.8 Å². The Kier molecular flexibility index (Phi) is 2.89. The Morgan fingerprint density at radius 3 is 2.82 bits per heavy atom. The molecule has 22 heavy (non-hydrogen) atoms. The molecule has 1 aromatic carbocycles. The van der Waals surface area contributed by atoms with Crippen molar-refractivity contribution in [1.29, 1.82) is 0 Å². The van der Waals surface area contributed by atoms with Gasteiger partial charge in [0.05, 0.1) is 5.69 Å². The Morgan fingerprint density at radius 1 is 1.27 bits per heavy atom. The van der Waals surface area contributed by atoms with Gasteiger partial charge >= 0.3 is 0 Å². The number of rotatable bonds is 2. The van der Waals surface area contributed by atoms with E-state index in [4.69, 9.17) is 0 Å². The lowest BCUT2D eigenvalue weighted by atomic mass is 9.96. The van der Waals surface area contributed by atoms with Crippen LogP contribution in [-0.4, -0.2) is 32.3 Å². The molecule has 3 heterocycles. The number of carbonyl (C=O) groups is 1. The minimum absolute atomic E-state index is 0.129. The van der Waals surface area contributed by atoms with Gasteiger partial charge in [-0.05, 0) is 24.1 Å². The van der Waals surface area contributed by atoms with Gasteiger partial charge in [0.2, 0.25) is 5.91 Å². The van der Waals surface area contributed by atoms with Crippen LogP contribution in [0.1, 0.15) is 23.6 Å². The Balaban J connectivity index is 1.73. The molecule has 1 amide bonds. The maximum Gasteiger partial charge on any atom is 0.220 e. The summed E-state index contributed by atoms with van der Waals surface area (Å²) >= 11 is 0. The van der Waals surface area contributed by atoms with Crippen molar-refractivity contribution >= 4 is 11.6 Å². The van der Waals surface area contributed by atoms with E-state index in [0.717, 1.165) is 29.0 Å². The van der Waals surface area contributed by atoms with Gasteiger partial charge in [0.15, 0.2) is 5.65 Å². The van der Waals surface area contributed by atoms with E-state index in [1.165, 1.54) is 5.56 Å². The number of amides is 1. The van der Waals surface area contributed by atoms with Crippen LogP contribution >= 0.6 is 0 Å². The van der Waals surface area contributed by atoms with E-state index in [0.29, 0.717) is 6.42 Å². The van der Waals surface area contributed by atoms with Crippen LogP contribution in [0.4, 0.5) is 0 Å². The number of carbonyl (C=O) groups excluding carboxylic acids is 1. The molecule has 1 fully saturated rings. The Labute approximate surface area is 127 Å². The molecule has 6 heteroatoms. The lowest BCUT2D eigenvalue weighted by Crippen LogP contribution is -2.13. The second-order valence-electron chi connectivity index (χ2n) is 5.63. The van der Waals surface area contributed by atoms with Crippen LogP contribution in [0.5, 0.6) is 0 Å². The van der Waals surface area contributed by atoms with E-state index in [-0.39, 0.29) is 11.8 Å². The largest absolute Gasteiger partial charge is 0.355 e. The van der Waals surface area contributed by atoms with Crippen molar-refractivity contribution in [3.05, 3.63) is 47.9 Å².